The van der Waals surface area contributed by atoms with E-state index in [0.717, 1.165) is 0 Å². The van der Waals surface area contributed by atoms with Crippen LogP contribution in [0, 0.1) is 0 Å². The van der Waals surface area contributed by atoms with E-state index < -0.39 is 0 Å². The Morgan fingerprint density at radius 3 is 1.25 bits per heavy atom. The quantitative estimate of drug-likeness (QED) is 0.335. The van der Waals surface area contributed by atoms with E-state index in [-0.39, 0.29) is 19.4 Å². The van der Waals surface area contributed by atoms with Gasteiger partial charge in [-0.2, -0.15) is 0 Å². The smallest absolute Gasteiger partial charge is 0.106 e. The molecule has 1 nitrogen and oxygen atoms in total. The molecule has 0 amide bonds. The highest BCUT2D eigenvalue weighted by atomic mass is 28.1. The molecule has 0 saturated carbocycles. The molecule has 0 aromatic rings. The summed E-state index contributed by atoms with van der Waals surface area (Å²) in [6.07, 6.45) is 0. The molecule has 7 radical (unpaired) electrons. The Morgan fingerprint density at radius 1 is 1.25 bits per heavy atom. The lowest BCUT2D eigenvalue weighted by molar-refractivity contribution is -0.0979. The molecule has 0 spiro atoms. The van der Waals surface area contributed by atoms with Crippen molar-refractivity contribution >= 4 is 26.2 Å². The van der Waals surface area contributed by atoms with E-state index in [2.05, 4.69) is 0 Å². The van der Waals surface area contributed by atoms with Gasteiger partial charge in [0.15, 0.2) is 0 Å². The van der Waals surface area contributed by atoms with Gasteiger partial charge >= 0.3 is 0 Å². The van der Waals surface area contributed by atoms with Crippen LogP contribution in [-0.4, -0.2) is 26.2 Å². The maximum absolute atomic E-state index is 8.00. The molecule has 0 atom stereocenters. The standard InChI is InChI=1S/CH2O.B.Si/c1-2;;/h1H2;;. The summed E-state index contributed by atoms with van der Waals surface area (Å²) in [5, 5.41) is 0. The van der Waals surface area contributed by atoms with E-state index >= 15 is 0 Å². The van der Waals surface area contributed by atoms with Crippen LogP contribution in [0.15, 0.2) is 0 Å². The third kappa shape index (κ3) is 762. The lowest BCUT2D eigenvalue weighted by Gasteiger charge is -0.837. The van der Waals surface area contributed by atoms with Crippen LogP contribution in [-0.2, 0) is 4.79 Å². The van der Waals surface area contributed by atoms with Crippen LogP contribution in [0.25, 0.3) is 0 Å². The maximum Gasteiger partial charge on any atom is 0.106 e. The molecule has 0 aliphatic carbocycles. The van der Waals surface area contributed by atoms with Gasteiger partial charge in [-0.3, -0.25) is 0 Å². The van der Waals surface area contributed by atoms with Crippen molar-refractivity contribution in [1.82, 2.24) is 0 Å². The first-order valence-electron chi connectivity index (χ1n) is 0.289. The second-order valence-electron chi connectivity index (χ2n) is 0. The molecule has 3 heteroatoms. The minimum Gasteiger partial charge on any atom is -0.307 e. The fraction of sp³-hybridized carbons (Fsp3) is 0. The minimum absolute atomic E-state index is 0. The highest BCUT2D eigenvalue weighted by molar-refractivity contribution is 5.76. The maximum atomic E-state index is 8.00. The van der Waals surface area contributed by atoms with Gasteiger partial charge in [0.05, 0.1) is 0 Å². The Kier molecular flexibility index (Phi) is 46000. The molecule has 0 saturated heterocycles. The fourth-order valence-corrected chi connectivity index (χ4v) is 0. The number of carbonyl (C=O) groups is 1. The van der Waals surface area contributed by atoms with Crippen molar-refractivity contribution in [2.45, 2.75) is 0 Å². The summed E-state index contributed by atoms with van der Waals surface area (Å²) < 4.78 is 0. The molecule has 19 valence electrons. The Labute approximate surface area is 32.0 Å². The second kappa shape index (κ2) is 4840. The molecule has 0 rings (SSSR count). The van der Waals surface area contributed by atoms with Crippen LogP contribution in [0.2, 0.25) is 0 Å². The van der Waals surface area contributed by atoms with Gasteiger partial charge in [0.2, 0.25) is 0 Å². The molecule has 0 unspecified atom stereocenters. The number of hydrogen-bond donors (Lipinski definition) is 0. The molecular formula is CH2BOSi. The van der Waals surface area contributed by atoms with Crippen molar-refractivity contribution in [2.24, 2.45) is 0 Å². The lowest BCUT2D eigenvalue weighted by Crippen LogP contribution is -0.925. The van der Waals surface area contributed by atoms with Crippen LogP contribution < -0.4 is 0 Å². The average Bonchev–Trinajstić information content (AvgIpc) is 1.00. The number of hydrogen-bond acceptors (Lipinski definition) is 1. The second-order valence-corrected chi connectivity index (χ2v) is 0. The normalized spacial score (nSPS) is 1.00. The van der Waals surface area contributed by atoms with Gasteiger partial charge in [-0.05, 0) is 0 Å². The van der Waals surface area contributed by atoms with Crippen LogP contribution >= 0.6 is 0 Å². The molecule has 0 bridgehead atoms. The fourth-order valence-electron chi connectivity index (χ4n) is 0. The number of carbonyl (C=O) groups excluding carboxylic acids is 1. The van der Waals surface area contributed by atoms with Gasteiger partial charge in [0.25, 0.3) is 0 Å². The zero-order valence-electron chi connectivity index (χ0n) is 2.19. The van der Waals surface area contributed by atoms with Gasteiger partial charge in [-0.25, -0.2) is 0 Å². The summed E-state index contributed by atoms with van der Waals surface area (Å²) in [6.45, 7) is 2.00. The Balaban J connectivity index is -0.00000000500. The van der Waals surface area contributed by atoms with Crippen molar-refractivity contribution in [3.05, 3.63) is 0 Å². The molecule has 0 fully saturated rings. The van der Waals surface area contributed by atoms with Crippen molar-refractivity contribution < 1.29 is 4.79 Å². The summed E-state index contributed by atoms with van der Waals surface area (Å²) in [5.41, 5.74) is 0. The average molecular weight is 68.9 g/mol. The Morgan fingerprint density at radius 2 is 1.25 bits per heavy atom. The first-order valence-corrected chi connectivity index (χ1v) is 0.289. The zero-order valence-corrected chi connectivity index (χ0v) is 3.19. The van der Waals surface area contributed by atoms with Crippen molar-refractivity contribution in [1.29, 1.82) is 0 Å². The van der Waals surface area contributed by atoms with E-state index in [4.69, 9.17) is 4.79 Å². The molecular weight excluding hydrogens is 66.9 g/mol. The van der Waals surface area contributed by atoms with Gasteiger partial charge < -0.3 is 4.79 Å². The van der Waals surface area contributed by atoms with Crippen LogP contribution in [0.5, 0.6) is 0 Å². The van der Waals surface area contributed by atoms with E-state index in [1.807, 2.05) is 6.79 Å². The summed E-state index contributed by atoms with van der Waals surface area (Å²) in [4.78, 5) is 8.00. The van der Waals surface area contributed by atoms with Crippen LogP contribution in [0.4, 0.5) is 0 Å². The Bertz CT molecular complexity index is 8.00. The largest absolute Gasteiger partial charge is 0.307 e. The van der Waals surface area contributed by atoms with Crippen molar-refractivity contribution in [3.63, 3.8) is 0 Å². The summed E-state index contributed by atoms with van der Waals surface area (Å²) >= 11 is 0. The van der Waals surface area contributed by atoms with Gasteiger partial charge in [-0.1, -0.05) is 0 Å². The molecule has 0 N–H and O–H groups in total. The van der Waals surface area contributed by atoms with E-state index in [1.54, 1.807) is 0 Å². The Hall–Kier alpha value is -0.0482. The zero-order chi connectivity index (χ0) is 2.00. The molecule has 0 aromatic carbocycles. The van der Waals surface area contributed by atoms with Crippen LogP contribution in [0.3, 0.4) is 0 Å². The lowest BCUT2D eigenvalue weighted by atomic mass is 10.8. The molecule has 0 aliphatic rings. The molecule has 0 aromatic heterocycles. The first kappa shape index (κ1) is 38.0. The third-order valence-electron chi connectivity index (χ3n) is 0. The SMILES string of the molecule is C=O.[B].[Si]. The summed E-state index contributed by atoms with van der Waals surface area (Å²) in [7, 11) is 0. The van der Waals surface area contributed by atoms with E-state index in [9.17, 15) is 0 Å². The van der Waals surface area contributed by atoms with Gasteiger partial charge in [0, 0.05) is 19.4 Å². The highest BCUT2D eigenvalue weighted by Gasteiger charge is 0.636. The van der Waals surface area contributed by atoms with E-state index in [0.29, 0.717) is 0 Å². The van der Waals surface area contributed by atoms with Crippen molar-refractivity contribution in [3.8, 4) is 0 Å². The number of rotatable bonds is 0. The van der Waals surface area contributed by atoms with Crippen molar-refractivity contribution in [2.75, 3.05) is 0 Å². The molecule has 0 aliphatic heterocycles. The van der Waals surface area contributed by atoms with E-state index in [1.165, 1.54) is 0 Å². The summed E-state index contributed by atoms with van der Waals surface area (Å²) in [5.74, 6) is 0. The summed E-state index contributed by atoms with van der Waals surface area (Å²) in [6, 6.07) is 0. The molecule has 0 heterocycles. The highest BCUT2D eigenvalue weighted by Crippen LogP contribution is 0.494. The first-order chi connectivity index (χ1) is 1.00. The van der Waals surface area contributed by atoms with Gasteiger partial charge in [-0.15, -0.1) is 0 Å². The predicted molar refractivity (Wildman–Crippen MR) is 18.6 cm³/mol. The van der Waals surface area contributed by atoms with Crippen LogP contribution in [0.1, 0.15) is 0 Å². The van der Waals surface area contributed by atoms with Gasteiger partial charge in [0.1, 0.15) is 6.79 Å². The topological polar surface area (TPSA) is 17.1 Å². The predicted octanol–water partition coefficient (Wildman–Crippen LogP) is -0.947. The minimum atomic E-state index is 0. The molecule has 4 heavy (non-hydrogen) atoms. The monoisotopic (exact) mass is 69.0 g/mol. The third-order valence-corrected chi connectivity index (χ3v) is 0.